The molecule has 0 spiro atoms. The first kappa shape index (κ1) is 16.2. The van der Waals surface area contributed by atoms with Crippen molar-refractivity contribution in [3.63, 3.8) is 0 Å². The molecule has 0 bridgehead atoms. The van der Waals surface area contributed by atoms with Crippen LogP contribution in [0.5, 0.6) is 0 Å². The fourth-order valence-electron chi connectivity index (χ4n) is 2.50. The Bertz CT molecular complexity index is 594. The maximum absolute atomic E-state index is 12.4. The number of carbonyl (C=O) groups is 1. The highest BCUT2D eigenvalue weighted by Crippen LogP contribution is 2.25. The second kappa shape index (κ2) is 7.22. The quantitative estimate of drug-likeness (QED) is 0.823. The number of para-hydroxylation sites is 1. The van der Waals surface area contributed by atoms with Crippen LogP contribution >= 0.6 is 0 Å². The molecule has 2 aromatic rings. The summed E-state index contributed by atoms with van der Waals surface area (Å²) < 4.78 is 1.80. The van der Waals surface area contributed by atoms with E-state index >= 15 is 0 Å². The molecule has 0 unspecified atom stereocenters. The fraction of sp³-hybridized carbons (Fsp3) is 0.412. The third kappa shape index (κ3) is 3.36. The topological polar surface area (TPSA) is 72.9 Å². The summed E-state index contributed by atoms with van der Waals surface area (Å²) in [6, 6.07) is 9.88. The summed E-state index contributed by atoms with van der Waals surface area (Å²) in [6.45, 7) is 4.84. The normalized spacial score (nSPS) is 11.4. The van der Waals surface area contributed by atoms with E-state index < -0.39 is 5.41 Å². The van der Waals surface area contributed by atoms with Crippen LogP contribution in [0.3, 0.4) is 0 Å². The van der Waals surface area contributed by atoms with Gasteiger partial charge < -0.3 is 11.1 Å². The van der Waals surface area contributed by atoms with Crippen molar-refractivity contribution >= 4 is 5.91 Å². The highest BCUT2D eigenvalue weighted by molar-refractivity contribution is 5.82. The zero-order valence-electron chi connectivity index (χ0n) is 13.2. The van der Waals surface area contributed by atoms with Gasteiger partial charge in [-0.2, -0.15) is 5.10 Å². The molecule has 5 heteroatoms. The molecule has 0 aliphatic carbocycles. The minimum Gasteiger partial charge on any atom is -0.351 e. The summed E-state index contributed by atoms with van der Waals surface area (Å²) in [5.41, 5.74) is 7.31. The predicted octanol–water partition coefficient (Wildman–Crippen LogP) is 2.25. The van der Waals surface area contributed by atoms with Gasteiger partial charge in [0.05, 0.1) is 17.3 Å². The van der Waals surface area contributed by atoms with Gasteiger partial charge in [0.15, 0.2) is 0 Å². The first-order valence-electron chi connectivity index (χ1n) is 7.72. The molecule has 5 nitrogen and oxygen atoms in total. The maximum Gasteiger partial charge on any atom is 0.227 e. The van der Waals surface area contributed by atoms with Crippen molar-refractivity contribution in [2.75, 3.05) is 6.54 Å². The molecule has 1 aromatic heterocycles. The van der Waals surface area contributed by atoms with Crippen LogP contribution in [0.4, 0.5) is 0 Å². The molecule has 1 heterocycles. The number of nitrogens with one attached hydrogen (secondary N) is 1. The molecule has 0 aliphatic rings. The molecule has 0 saturated heterocycles. The van der Waals surface area contributed by atoms with Gasteiger partial charge in [-0.3, -0.25) is 4.79 Å². The second-order valence-electron chi connectivity index (χ2n) is 5.50. The number of benzene rings is 1. The molecule has 22 heavy (non-hydrogen) atoms. The van der Waals surface area contributed by atoms with Gasteiger partial charge in [0, 0.05) is 24.8 Å². The predicted molar refractivity (Wildman–Crippen MR) is 87.5 cm³/mol. The Hall–Kier alpha value is -2.14. The molecule has 0 aliphatic heterocycles. The van der Waals surface area contributed by atoms with E-state index in [1.165, 1.54) is 0 Å². The molecule has 0 radical (unpaired) electrons. The molecular formula is C17H24N4O. The largest absolute Gasteiger partial charge is 0.351 e. The minimum atomic E-state index is -0.463. The zero-order valence-corrected chi connectivity index (χ0v) is 13.2. The third-order valence-corrected chi connectivity index (χ3v) is 4.34. The highest BCUT2D eigenvalue weighted by Gasteiger charge is 2.32. The van der Waals surface area contributed by atoms with Crippen LogP contribution in [0.2, 0.25) is 0 Å². The lowest BCUT2D eigenvalue weighted by Gasteiger charge is -2.28. The van der Waals surface area contributed by atoms with Crippen molar-refractivity contribution in [3.05, 3.63) is 48.3 Å². The van der Waals surface area contributed by atoms with E-state index in [-0.39, 0.29) is 5.91 Å². The Kier molecular flexibility index (Phi) is 5.33. The van der Waals surface area contributed by atoms with Gasteiger partial charge in [-0.25, -0.2) is 4.68 Å². The van der Waals surface area contributed by atoms with Crippen LogP contribution < -0.4 is 11.1 Å². The molecule has 2 rings (SSSR count). The van der Waals surface area contributed by atoms with Gasteiger partial charge >= 0.3 is 0 Å². The van der Waals surface area contributed by atoms with Crippen LogP contribution in [0.15, 0.2) is 42.7 Å². The molecule has 1 aromatic carbocycles. The van der Waals surface area contributed by atoms with E-state index in [0.717, 1.165) is 24.1 Å². The van der Waals surface area contributed by atoms with E-state index in [0.29, 0.717) is 13.1 Å². The molecule has 118 valence electrons. The van der Waals surface area contributed by atoms with Crippen LogP contribution in [0.25, 0.3) is 5.69 Å². The first-order valence-corrected chi connectivity index (χ1v) is 7.72. The first-order chi connectivity index (χ1) is 10.6. The van der Waals surface area contributed by atoms with Crippen molar-refractivity contribution in [2.24, 2.45) is 11.1 Å². The Morgan fingerprint density at radius 2 is 1.95 bits per heavy atom. The second-order valence-corrected chi connectivity index (χ2v) is 5.50. The van der Waals surface area contributed by atoms with Gasteiger partial charge in [0.2, 0.25) is 5.91 Å². The van der Waals surface area contributed by atoms with Gasteiger partial charge in [0.1, 0.15) is 0 Å². The monoisotopic (exact) mass is 300 g/mol. The van der Waals surface area contributed by atoms with E-state index in [2.05, 4.69) is 10.4 Å². The van der Waals surface area contributed by atoms with Crippen molar-refractivity contribution in [1.29, 1.82) is 0 Å². The Labute approximate surface area is 131 Å². The average Bonchev–Trinajstić information content (AvgIpc) is 3.05. The highest BCUT2D eigenvalue weighted by atomic mass is 16.2. The number of rotatable bonds is 7. The van der Waals surface area contributed by atoms with Gasteiger partial charge in [-0.05, 0) is 25.0 Å². The Morgan fingerprint density at radius 3 is 2.55 bits per heavy atom. The van der Waals surface area contributed by atoms with Crippen LogP contribution in [-0.4, -0.2) is 22.2 Å². The fourth-order valence-corrected chi connectivity index (χ4v) is 2.50. The average molecular weight is 300 g/mol. The lowest BCUT2D eigenvalue weighted by molar-refractivity contribution is -0.131. The third-order valence-electron chi connectivity index (χ3n) is 4.34. The summed E-state index contributed by atoms with van der Waals surface area (Å²) in [5.74, 6) is 0.0208. The molecule has 0 saturated carbocycles. The van der Waals surface area contributed by atoms with Crippen molar-refractivity contribution in [3.8, 4) is 5.69 Å². The number of hydrogen-bond donors (Lipinski definition) is 2. The van der Waals surface area contributed by atoms with Gasteiger partial charge in [0.25, 0.3) is 0 Å². The number of aromatic nitrogens is 2. The lowest BCUT2D eigenvalue weighted by atomic mass is 9.81. The molecular weight excluding hydrogens is 276 g/mol. The minimum absolute atomic E-state index is 0.0208. The summed E-state index contributed by atoms with van der Waals surface area (Å²) in [4.78, 5) is 12.4. The smallest absolute Gasteiger partial charge is 0.227 e. The number of hydrogen-bond acceptors (Lipinski definition) is 3. The summed E-state index contributed by atoms with van der Waals surface area (Å²) >= 11 is 0. The number of nitrogens with two attached hydrogens (primary N) is 1. The standard InChI is InChI=1S/C17H24N4O/c1-3-17(4-2,13-18)16(22)19-10-14-11-20-21(12-14)15-8-6-5-7-9-15/h5-9,11-12H,3-4,10,13,18H2,1-2H3,(H,19,22). The lowest BCUT2D eigenvalue weighted by Crippen LogP contribution is -2.44. The van der Waals surface area contributed by atoms with Crippen LogP contribution in [0, 0.1) is 5.41 Å². The Balaban J connectivity index is 2.01. The zero-order chi connectivity index (χ0) is 16.0. The number of carbonyl (C=O) groups excluding carboxylic acids is 1. The number of amides is 1. The summed E-state index contributed by atoms with van der Waals surface area (Å²) in [6.07, 6.45) is 5.19. The molecule has 0 atom stereocenters. The van der Waals surface area contributed by atoms with Crippen LogP contribution in [-0.2, 0) is 11.3 Å². The van der Waals surface area contributed by atoms with E-state index in [4.69, 9.17) is 5.73 Å². The van der Waals surface area contributed by atoms with E-state index in [9.17, 15) is 4.79 Å². The van der Waals surface area contributed by atoms with E-state index in [1.54, 1.807) is 10.9 Å². The van der Waals surface area contributed by atoms with Crippen molar-refractivity contribution in [2.45, 2.75) is 33.2 Å². The summed E-state index contributed by atoms with van der Waals surface area (Å²) in [5, 5.41) is 7.31. The number of nitrogens with zero attached hydrogens (tertiary/aromatic N) is 2. The van der Waals surface area contributed by atoms with E-state index in [1.807, 2.05) is 50.4 Å². The molecule has 0 fully saturated rings. The van der Waals surface area contributed by atoms with Gasteiger partial charge in [-0.1, -0.05) is 32.0 Å². The Morgan fingerprint density at radius 1 is 1.27 bits per heavy atom. The van der Waals surface area contributed by atoms with Crippen molar-refractivity contribution < 1.29 is 4.79 Å². The SMILES string of the molecule is CCC(CC)(CN)C(=O)NCc1cnn(-c2ccccc2)c1. The molecule has 3 N–H and O–H groups in total. The molecule has 1 amide bonds. The van der Waals surface area contributed by atoms with Gasteiger partial charge in [-0.15, -0.1) is 0 Å². The van der Waals surface area contributed by atoms with Crippen molar-refractivity contribution in [1.82, 2.24) is 15.1 Å². The summed E-state index contributed by atoms with van der Waals surface area (Å²) in [7, 11) is 0. The van der Waals surface area contributed by atoms with Crippen LogP contribution in [0.1, 0.15) is 32.3 Å². The maximum atomic E-state index is 12.4.